The Kier molecular flexibility index (Phi) is 7.20. The first kappa shape index (κ1) is 22.7. The van der Waals surface area contributed by atoms with Crippen molar-refractivity contribution in [3.63, 3.8) is 0 Å². The molecule has 1 aromatic carbocycles. The van der Waals surface area contributed by atoms with Gasteiger partial charge in [0.05, 0.1) is 41.5 Å². The average Bonchev–Trinajstić information content (AvgIpc) is 3.30. The fourth-order valence-electron chi connectivity index (χ4n) is 4.97. The maximum atomic E-state index is 13.1. The van der Waals surface area contributed by atoms with Crippen LogP contribution in [0.2, 0.25) is 0 Å². The van der Waals surface area contributed by atoms with Crippen LogP contribution in [0.15, 0.2) is 24.3 Å². The molecule has 0 radical (unpaired) electrons. The SMILES string of the molecule is O=C(CN1CCN(CC(=O)N2CCC[C@H](c3nc4ccccc4s3)C2)CC1)N1CCOCC1. The number of hydrogen-bond acceptors (Lipinski definition) is 7. The number of carbonyl (C=O) groups is 2. The molecule has 0 unspecified atom stereocenters. The number of rotatable bonds is 5. The van der Waals surface area contributed by atoms with Gasteiger partial charge in [-0.05, 0) is 25.0 Å². The van der Waals surface area contributed by atoms with E-state index in [0.29, 0.717) is 45.3 Å². The number of ether oxygens (including phenoxy) is 1. The quantitative estimate of drug-likeness (QED) is 0.658. The number of para-hydroxylation sites is 1. The van der Waals surface area contributed by atoms with Gasteiger partial charge in [0.1, 0.15) is 0 Å². The Labute approximate surface area is 199 Å². The largest absolute Gasteiger partial charge is 0.378 e. The highest BCUT2D eigenvalue weighted by molar-refractivity contribution is 7.18. The van der Waals surface area contributed by atoms with Gasteiger partial charge in [-0.15, -0.1) is 11.3 Å². The van der Waals surface area contributed by atoms with E-state index < -0.39 is 0 Å². The summed E-state index contributed by atoms with van der Waals surface area (Å²) < 4.78 is 6.56. The third-order valence-electron chi connectivity index (χ3n) is 6.98. The molecule has 3 saturated heterocycles. The molecule has 178 valence electrons. The van der Waals surface area contributed by atoms with E-state index in [1.54, 1.807) is 11.3 Å². The second-order valence-corrected chi connectivity index (χ2v) is 10.3. The van der Waals surface area contributed by atoms with Crippen LogP contribution in [0.3, 0.4) is 0 Å². The third kappa shape index (κ3) is 5.54. The van der Waals surface area contributed by atoms with Crippen LogP contribution in [0.25, 0.3) is 10.2 Å². The molecule has 2 aromatic rings. The van der Waals surface area contributed by atoms with Crippen LogP contribution >= 0.6 is 11.3 Å². The Hall–Kier alpha value is -2.07. The van der Waals surface area contributed by atoms with Gasteiger partial charge in [-0.2, -0.15) is 0 Å². The molecule has 1 aromatic heterocycles. The average molecular weight is 472 g/mol. The van der Waals surface area contributed by atoms with Crippen molar-refractivity contribution in [3.05, 3.63) is 29.3 Å². The number of aromatic nitrogens is 1. The van der Waals surface area contributed by atoms with E-state index in [9.17, 15) is 9.59 Å². The molecular formula is C24H33N5O3S. The van der Waals surface area contributed by atoms with Crippen molar-refractivity contribution in [1.29, 1.82) is 0 Å². The highest BCUT2D eigenvalue weighted by atomic mass is 32.1. The summed E-state index contributed by atoms with van der Waals surface area (Å²) in [6, 6.07) is 8.27. The van der Waals surface area contributed by atoms with Gasteiger partial charge < -0.3 is 14.5 Å². The molecule has 5 rings (SSSR count). The third-order valence-corrected chi connectivity index (χ3v) is 8.18. The summed E-state index contributed by atoms with van der Waals surface area (Å²) >= 11 is 1.77. The van der Waals surface area contributed by atoms with Crippen LogP contribution in [-0.4, -0.2) is 115 Å². The first-order valence-corrected chi connectivity index (χ1v) is 12.9. The van der Waals surface area contributed by atoms with Gasteiger partial charge in [0, 0.05) is 58.3 Å². The van der Waals surface area contributed by atoms with Gasteiger partial charge in [0.15, 0.2) is 0 Å². The molecule has 0 N–H and O–H groups in total. The summed E-state index contributed by atoms with van der Waals surface area (Å²) in [5, 5.41) is 1.16. The number of hydrogen-bond donors (Lipinski definition) is 0. The van der Waals surface area contributed by atoms with E-state index in [4.69, 9.17) is 9.72 Å². The molecule has 3 fully saturated rings. The number of nitrogens with zero attached hydrogens (tertiary/aromatic N) is 5. The number of benzene rings is 1. The maximum absolute atomic E-state index is 13.1. The molecule has 3 aliphatic heterocycles. The van der Waals surface area contributed by atoms with Crippen LogP contribution in [0.5, 0.6) is 0 Å². The number of piperazine rings is 1. The highest BCUT2D eigenvalue weighted by Gasteiger charge is 2.29. The Bertz CT molecular complexity index is 935. The minimum atomic E-state index is 0.192. The van der Waals surface area contributed by atoms with Crippen LogP contribution in [0, 0.1) is 0 Å². The van der Waals surface area contributed by atoms with Gasteiger partial charge in [0.25, 0.3) is 0 Å². The number of fused-ring (bicyclic) bond motifs is 1. The molecule has 2 amide bonds. The predicted octanol–water partition coefficient (Wildman–Crippen LogP) is 1.48. The molecule has 33 heavy (non-hydrogen) atoms. The summed E-state index contributed by atoms with van der Waals surface area (Å²) in [7, 11) is 0. The molecule has 1 atom stereocenters. The lowest BCUT2D eigenvalue weighted by Gasteiger charge is -2.37. The lowest BCUT2D eigenvalue weighted by atomic mass is 9.98. The van der Waals surface area contributed by atoms with E-state index in [1.807, 2.05) is 15.9 Å². The minimum absolute atomic E-state index is 0.192. The monoisotopic (exact) mass is 471 g/mol. The lowest BCUT2D eigenvalue weighted by Crippen LogP contribution is -2.53. The van der Waals surface area contributed by atoms with Gasteiger partial charge in [-0.25, -0.2) is 4.98 Å². The lowest BCUT2D eigenvalue weighted by molar-refractivity contribution is -0.138. The molecule has 9 heteroatoms. The van der Waals surface area contributed by atoms with Crippen LogP contribution < -0.4 is 0 Å². The van der Waals surface area contributed by atoms with E-state index in [0.717, 1.165) is 62.6 Å². The predicted molar refractivity (Wildman–Crippen MR) is 128 cm³/mol. The van der Waals surface area contributed by atoms with Gasteiger partial charge >= 0.3 is 0 Å². The van der Waals surface area contributed by atoms with Crippen LogP contribution in [0.1, 0.15) is 23.8 Å². The highest BCUT2D eigenvalue weighted by Crippen LogP contribution is 2.33. The van der Waals surface area contributed by atoms with Crippen LogP contribution in [-0.2, 0) is 14.3 Å². The zero-order valence-corrected chi connectivity index (χ0v) is 20.0. The first-order chi connectivity index (χ1) is 16.2. The topological polar surface area (TPSA) is 69.2 Å². The second kappa shape index (κ2) is 10.5. The smallest absolute Gasteiger partial charge is 0.236 e. The van der Waals surface area contributed by atoms with Gasteiger partial charge in [0.2, 0.25) is 11.8 Å². The molecule has 3 aliphatic rings. The van der Waals surface area contributed by atoms with E-state index in [2.05, 4.69) is 28.0 Å². The Morgan fingerprint density at radius 2 is 1.58 bits per heavy atom. The summed E-state index contributed by atoms with van der Waals surface area (Å²) in [5.41, 5.74) is 1.06. The van der Waals surface area contributed by atoms with Crippen molar-refractivity contribution in [2.45, 2.75) is 18.8 Å². The van der Waals surface area contributed by atoms with Crippen molar-refractivity contribution < 1.29 is 14.3 Å². The molecule has 0 aliphatic carbocycles. The number of thiazole rings is 1. The molecule has 0 bridgehead atoms. The van der Waals surface area contributed by atoms with E-state index >= 15 is 0 Å². The first-order valence-electron chi connectivity index (χ1n) is 12.1. The second-order valence-electron chi connectivity index (χ2n) is 9.24. The Morgan fingerprint density at radius 1 is 0.909 bits per heavy atom. The summed E-state index contributed by atoms with van der Waals surface area (Å²) in [6.45, 7) is 8.54. The van der Waals surface area contributed by atoms with E-state index in [-0.39, 0.29) is 11.8 Å². The summed E-state index contributed by atoms with van der Waals surface area (Å²) in [6.07, 6.45) is 2.13. The van der Waals surface area contributed by atoms with Crippen molar-refractivity contribution >= 4 is 33.4 Å². The summed E-state index contributed by atoms with van der Waals surface area (Å²) in [4.78, 5) is 38.8. The van der Waals surface area contributed by atoms with Crippen molar-refractivity contribution in [2.24, 2.45) is 0 Å². The zero-order chi connectivity index (χ0) is 22.6. The molecular weight excluding hydrogens is 438 g/mol. The van der Waals surface area contributed by atoms with Crippen molar-refractivity contribution in [2.75, 3.05) is 78.7 Å². The van der Waals surface area contributed by atoms with Crippen molar-refractivity contribution in [1.82, 2.24) is 24.6 Å². The number of carbonyl (C=O) groups excluding carboxylic acids is 2. The van der Waals surface area contributed by atoms with Gasteiger partial charge in [-0.1, -0.05) is 12.1 Å². The van der Waals surface area contributed by atoms with Gasteiger partial charge in [-0.3, -0.25) is 19.4 Å². The standard InChI is InChI=1S/C24H33N5O3S/c30-22(28-12-14-32-15-13-28)17-26-8-10-27(11-9-26)18-23(31)29-7-3-4-19(16-29)24-25-20-5-1-2-6-21(20)33-24/h1-2,5-6,19H,3-4,7-18H2/t19-/m0/s1. The minimum Gasteiger partial charge on any atom is -0.378 e. The Balaban J connectivity index is 1.08. The fraction of sp³-hybridized carbons (Fsp3) is 0.625. The molecule has 4 heterocycles. The normalized spacial score (nSPS) is 23.2. The fourth-order valence-corrected chi connectivity index (χ4v) is 6.06. The zero-order valence-electron chi connectivity index (χ0n) is 19.2. The number of morpholine rings is 1. The van der Waals surface area contributed by atoms with E-state index in [1.165, 1.54) is 4.70 Å². The van der Waals surface area contributed by atoms with Crippen LogP contribution in [0.4, 0.5) is 0 Å². The number of amides is 2. The molecule has 0 spiro atoms. The number of piperidine rings is 1. The molecule has 0 saturated carbocycles. The Morgan fingerprint density at radius 3 is 2.27 bits per heavy atom. The number of likely N-dealkylation sites (tertiary alicyclic amines) is 1. The molecule has 8 nitrogen and oxygen atoms in total. The van der Waals surface area contributed by atoms with Crippen molar-refractivity contribution in [3.8, 4) is 0 Å². The summed E-state index contributed by atoms with van der Waals surface area (Å²) in [5.74, 6) is 0.749. The maximum Gasteiger partial charge on any atom is 0.236 e.